The zero-order chi connectivity index (χ0) is 15.0. The van der Waals surface area contributed by atoms with E-state index < -0.39 is 5.97 Å². The maximum atomic E-state index is 12.4. The predicted molar refractivity (Wildman–Crippen MR) is 80.7 cm³/mol. The van der Waals surface area contributed by atoms with Gasteiger partial charge in [0.1, 0.15) is 0 Å². The van der Waals surface area contributed by atoms with Gasteiger partial charge >= 0.3 is 5.97 Å². The van der Waals surface area contributed by atoms with Crippen molar-refractivity contribution in [2.75, 3.05) is 0 Å². The molecule has 0 saturated carbocycles. The first kappa shape index (κ1) is 16.2. The van der Waals surface area contributed by atoms with E-state index >= 15 is 0 Å². The van der Waals surface area contributed by atoms with Gasteiger partial charge in [-0.1, -0.05) is 51.0 Å². The summed E-state index contributed by atoms with van der Waals surface area (Å²) in [4.78, 5) is 22.8. The molecule has 0 radical (unpaired) electrons. The molecule has 0 aliphatic heterocycles. The molecule has 0 spiro atoms. The lowest BCUT2D eigenvalue weighted by atomic mass is 9.89. The molecule has 0 fully saturated rings. The van der Waals surface area contributed by atoms with Crippen LogP contribution in [0.4, 0.5) is 0 Å². The van der Waals surface area contributed by atoms with E-state index in [1.165, 1.54) is 6.08 Å². The van der Waals surface area contributed by atoms with Gasteiger partial charge in [-0.05, 0) is 24.5 Å². The summed E-state index contributed by atoms with van der Waals surface area (Å²) in [6.07, 6.45) is 6.48. The van der Waals surface area contributed by atoms with Crippen LogP contribution in [0.5, 0.6) is 0 Å². The lowest BCUT2D eigenvalue weighted by molar-refractivity contribution is -0.131. The number of benzene rings is 1. The van der Waals surface area contributed by atoms with Gasteiger partial charge in [-0.25, -0.2) is 4.79 Å². The van der Waals surface area contributed by atoms with Crippen LogP contribution in [-0.2, 0) is 4.79 Å². The molecule has 0 aromatic heterocycles. The van der Waals surface area contributed by atoms with Crippen LogP contribution in [-0.4, -0.2) is 16.9 Å². The second-order valence-corrected chi connectivity index (χ2v) is 4.93. The molecule has 108 valence electrons. The second kappa shape index (κ2) is 8.31. The third-order valence-electron chi connectivity index (χ3n) is 3.26. The molecule has 0 aliphatic carbocycles. The summed E-state index contributed by atoms with van der Waals surface area (Å²) in [6.45, 7) is 4.19. The van der Waals surface area contributed by atoms with Crippen LogP contribution >= 0.6 is 0 Å². The lowest BCUT2D eigenvalue weighted by Crippen LogP contribution is -2.14. The number of aliphatic carboxylic acids is 1. The van der Waals surface area contributed by atoms with Crippen molar-refractivity contribution >= 4 is 17.8 Å². The van der Waals surface area contributed by atoms with Crippen molar-refractivity contribution in [3.63, 3.8) is 0 Å². The summed E-state index contributed by atoms with van der Waals surface area (Å²) in [5.74, 6) is -0.677. The molecule has 1 N–H and O–H groups in total. The zero-order valence-electron chi connectivity index (χ0n) is 12.1. The Morgan fingerprint density at radius 3 is 2.10 bits per heavy atom. The first-order valence-electron chi connectivity index (χ1n) is 7.13. The number of ketones is 1. The monoisotopic (exact) mass is 274 g/mol. The summed E-state index contributed by atoms with van der Waals surface area (Å²) in [5.41, 5.74) is 1.50. The highest BCUT2D eigenvalue weighted by atomic mass is 16.4. The standard InChI is InChI=1S/C17H22O3/c1-3-5-14(6-4-2)17(20)15-10-7-13(8-11-15)9-12-16(18)19/h7-12,14H,3-6H2,1-2H3,(H,18,19)/b12-9+. The molecular formula is C17H22O3. The summed E-state index contributed by atoms with van der Waals surface area (Å²) in [6, 6.07) is 7.12. The molecule has 1 aromatic carbocycles. The highest BCUT2D eigenvalue weighted by Crippen LogP contribution is 2.20. The molecular weight excluding hydrogens is 252 g/mol. The van der Waals surface area contributed by atoms with E-state index in [0.717, 1.165) is 37.3 Å². The minimum Gasteiger partial charge on any atom is -0.478 e. The largest absolute Gasteiger partial charge is 0.478 e. The van der Waals surface area contributed by atoms with Gasteiger partial charge in [-0.2, -0.15) is 0 Å². The van der Waals surface area contributed by atoms with Crippen molar-refractivity contribution in [1.29, 1.82) is 0 Å². The third kappa shape index (κ3) is 5.00. The van der Waals surface area contributed by atoms with E-state index in [1.54, 1.807) is 24.3 Å². The van der Waals surface area contributed by atoms with E-state index in [1.807, 2.05) is 0 Å². The molecule has 3 nitrogen and oxygen atoms in total. The van der Waals surface area contributed by atoms with E-state index in [2.05, 4.69) is 13.8 Å². The molecule has 0 bridgehead atoms. The number of carboxylic acid groups (broad SMARTS) is 1. The fraction of sp³-hybridized carbons (Fsp3) is 0.412. The summed E-state index contributed by atoms with van der Waals surface area (Å²) < 4.78 is 0. The Morgan fingerprint density at radius 1 is 1.10 bits per heavy atom. The number of Topliss-reactive ketones (excluding diaryl/α,β-unsaturated/α-hetero) is 1. The molecule has 0 unspecified atom stereocenters. The number of carbonyl (C=O) groups is 2. The van der Waals surface area contributed by atoms with Gasteiger partial charge in [-0.3, -0.25) is 4.79 Å². The average Bonchev–Trinajstić information content (AvgIpc) is 2.44. The van der Waals surface area contributed by atoms with Crippen LogP contribution in [0.25, 0.3) is 6.08 Å². The zero-order valence-corrected chi connectivity index (χ0v) is 12.1. The SMILES string of the molecule is CCCC(CCC)C(=O)c1ccc(/C=C/C(=O)O)cc1. The Labute approximate surface area is 120 Å². The van der Waals surface area contributed by atoms with Crippen LogP contribution < -0.4 is 0 Å². The molecule has 1 aromatic rings. The molecule has 0 atom stereocenters. The average molecular weight is 274 g/mol. The van der Waals surface area contributed by atoms with Crippen LogP contribution in [0.15, 0.2) is 30.3 Å². The summed E-state index contributed by atoms with van der Waals surface area (Å²) >= 11 is 0. The molecule has 1 rings (SSSR count). The van der Waals surface area contributed by atoms with E-state index in [9.17, 15) is 9.59 Å². The van der Waals surface area contributed by atoms with E-state index in [-0.39, 0.29) is 11.7 Å². The van der Waals surface area contributed by atoms with Crippen molar-refractivity contribution in [2.24, 2.45) is 5.92 Å². The number of rotatable bonds is 8. The second-order valence-electron chi connectivity index (χ2n) is 4.93. The van der Waals surface area contributed by atoms with Crippen molar-refractivity contribution in [2.45, 2.75) is 39.5 Å². The first-order valence-corrected chi connectivity index (χ1v) is 7.13. The highest BCUT2D eigenvalue weighted by molar-refractivity contribution is 5.98. The summed E-state index contributed by atoms with van der Waals surface area (Å²) in [7, 11) is 0. The van der Waals surface area contributed by atoms with Crippen molar-refractivity contribution in [3.05, 3.63) is 41.5 Å². The Kier molecular flexibility index (Phi) is 6.71. The number of carbonyl (C=O) groups excluding carboxylic acids is 1. The maximum absolute atomic E-state index is 12.4. The van der Waals surface area contributed by atoms with E-state index in [4.69, 9.17) is 5.11 Å². The molecule has 0 amide bonds. The molecule has 0 saturated heterocycles. The normalized spacial score (nSPS) is 11.2. The number of hydrogen-bond donors (Lipinski definition) is 1. The smallest absolute Gasteiger partial charge is 0.328 e. The summed E-state index contributed by atoms with van der Waals surface area (Å²) in [5, 5.41) is 8.57. The fourth-order valence-electron chi connectivity index (χ4n) is 2.27. The Morgan fingerprint density at radius 2 is 1.65 bits per heavy atom. The first-order chi connectivity index (χ1) is 9.58. The van der Waals surface area contributed by atoms with Gasteiger partial charge in [0, 0.05) is 17.6 Å². The van der Waals surface area contributed by atoms with E-state index in [0.29, 0.717) is 5.56 Å². The fourth-order valence-corrected chi connectivity index (χ4v) is 2.27. The molecule has 0 aliphatic rings. The number of carboxylic acids is 1. The van der Waals surface area contributed by atoms with Gasteiger partial charge in [0.2, 0.25) is 0 Å². The molecule has 3 heteroatoms. The Hall–Kier alpha value is -1.90. The van der Waals surface area contributed by atoms with Crippen molar-refractivity contribution in [1.82, 2.24) is 0 Å². The van der Waals surface area contributed by atoms with Gasteiger partial charge in [0.25, 0.3) is 0 Å². The minimum absolute atomic E-state index is 0.102. The van der Waals surface area contributed by atoms with Gasteiger partial charge in [0.05, 0.1) is 0 Å². The predicted octanol–water partition coefficient (Wildman–Crippen LogP) is 4.18. The maximum Gasteiger partial charge on any atom is 0.328 e. The van der Waals surface area contributed by atoms with Crippen molar-refractivity contribution < 1.29 is 14.7 Å². The molecule has 20 heavy (non-hydrogen) atoms. The minimum atomic E-state index is -0.976. The van der Waals surface area contributed by atoms with Gasteiger partial charge in [0.15, 0.2) is 5.78 Å². The number of hydrogen-bond acceptors (Lipinski definition) is 2. The van der Waals surface area contributed by atoms with Crippen LogP contribution in [0, 0.1) is 5.92 Å². The molecule has 0 heterocycles. The van der Waals surface area contributed by atoms with Gasteiger partial charge in [-0.15, -0.1) is 0 Å². The van der Waals surface area contributed by atoms with Crippen molar-refractivity contribution in [3.8, 4) is 0 Å². The highest BCUT2D eigenvalue weighted by Gasteiger charge is 2.17. The third-order valence-corrected chi connectivity index (χ3v) is 3.26. The quantitative estimate of drug-likeness (QED) is 0.571. The van der Waals surface area contributed by atoms with Crippen LogP contribution in [0.2, 0.25) is 0 Å². The Bertz CT molecular complexity index is 466. The van der Waals surface area contributed by atoms with Crippen LogP contribution in [0.1, 0.15) is 55.5 Å². The Balaban J connectivity index is 2.80. The topological polar surface area (TPSA) is 54.4 Å². The lowest BCUT2D eigenvalue weighted by Gasteiger charge is -2.14. The van der Waals surface area contributed by atoms with Gasteiger partial charge < -0.3 is 5.11 Å². The van der Waals surface area contributed by atoms with Crippen LogP contribution in [0.3, 0.4) is 0 Å².